The average Bonchev–Trinajstić information content (AvgIpc) is 2.37. The summed E-state index contributed by atoms with van der Waals surface area (Å²) >= 11 is 5.74. The predicted molar refractivity (Wildman–Crippen MR) is 69.3 cm³/mol. The molecule has 0 spiro atoms. The second-order valence-corrected chi connectivity index (χ2v) is 4.94. The minimum atomic E-state index is -0.575. The van der Waals surface area contributed by atoms with Crippen LogP contribution in [0, 0.1) is 0 Å². The largest absolute Gasteiger partial charge is 0.394 e. The van der Waals surface area contributed by atoms with Crippen molar-refractivity contribution in [2.24, 2.45) is 0 Å². The van der Waals surface area contributed by atoms with E-state index in [2.05, 4.69) is 0 Å². The fraction of sp³-hybridized carbons (Fsp3) is 0.462. The minimum Gasteiger partial charge on any atom is -0.394 e. The fourth-order valence-corrected chi connectivity index (χ4v) is 1.53. The number of likely N-dealkylation sites (N-methyl/N-ethyl adjacent to an activating group) is 1. The van der Waals surface area contributed by atoms with Gasteiger partial charge in [-0.05, 0) is 31.5 Å². The smallest absolute Gasteiger partial charge is 0.254 e. The Labute approximate surface area is 107 Å². The molecular weight excluding hydrogens is 238 g/mol. The number of aliphatic hydroxyl groups excluding tert-OH is 1. The van der Waals surface area contributed by atoms with E-state index in [0.717, 1.165) is 5.56 Å². The first kappa shape index (κ1) is 14.0. The number of amides is 1. The average molecular weight is 256 g/mol. The van der Waals surface area contributed by atoms with E-state index in [1.807, 2.05) is 26.0 Å². The summed E-state index contributed by atoms with van der Waals surface area (Å²) in [6.45, 7) is 3.55. The Hall–Kier alpha value is -1.06. The zero-order valence-corrected chi connectivity index (χ0v) is 11.2. The van der Waals surface area contributed by atoms with Crippen molar-refractivity contribution in [2.75, 3.05) is 13.7 Å². The summed E-state index contributed by atoms with van der Waals surface area (Å²) in [5.41, 5.74) is 0.925. The van der Waals surface area contributed by atoms with Crippen LogP contribution < -0.4 is 0 Å². The molecule has 0 aliphatic carbocycles. The number of carbonyl (C=O) groups excluding carboxylic acids is 1. The van der Waals surface area contributed by atoms with E-state index in [9.17, 15) is 9.90 Å². The summed E-state index contributed by atoms with van der Waals surface area (Å²) in [6.07, 6.45) is 0. The van der Waals surface area contributed by atoms with Crippen LogP contribution in [0.3, 0.4) is 0 Å². The number of halogens is 1. The number of hydrogen-bond donors (Lipinski definition) is 1. The Morgan fingerprint density at radius 2 is 2.12 bits per heavy atom. The van der Waals surface area contributed by atoms with Gasteiger partial charge < -0.3 is 10.0 Å². The summed E-state index contributed by atoms with van der Waals surface area (Å²) < 4.78 is 0. The highest BCUT2D eigenvalue weighted by Gasteiger charge is 2.27. The first-order valence-electron chi connectivity index (χ1n) is 5.46. The van der Waals surface area contributed by atoms with E-state index < -0.39 is 5.54 Å². The zero-order chi connectivity index (χ0) is 13.1. The maximum atomic E-state index is 12.2. The van der Waals surface area contributed by atoms with Gasteiger partial charge in [0.2, 0.25) is 0 Å². The first-order chi connectivity index (χ1) is 7.92. The maximum absolute atomic E-state index is 12.2. The molecule has 0 aliphatic heterocycles. The number of alkyl halides is 1. The molecule has 94 valence electrons. The van der Waals surface area contributed by atoms with Gasteiger partial charge in [0.25, 0.3) is 5.91 Å². The van der Waals surface area contributed by atoms with E-state index in [0.29, 0.717) is 11.4 Å². The predicted octanol–water partition coefficient (Wildman–Crippen LogP) is 2.27. The first-order valence-corrected chi connectivity index (χ1v) is 6.00. The van der Waals surface area contributed by atoms with Crippen molar-refractivity contribution in [3.05, 3.63) is 35.4 Å². The molecular formula is C13H18ClNO2. The Bertz CT molecular complexity index is 404. The molecule has 0 unspecified atom stereocenters. The van der Waals surface area contributed by atoms with Crippen molar-refractivity contribution < 1.29 is 9.90 Å². The van der Waals surface area contributed by atoms with Gasteiger partial charge in [0.15, 0.2) is 0 Å². The lowest BCUT2D eigenvalue weighted by atomic mass is 10.0. The van der Waals surface area contributed by atoms with Crippen molar-refractivity contribution in [2.45, 2.75) is 25.3 Å². The number of nitrogens with zero attached hydrogens (tertiary/aromatic N) is 1. The summed E-state index contributed by atoms with van der Waals surface area (Å²) in [4.78, 5) is 13.7. The molecule has 0 saturated heterocycles. The molecule has 0 aromatic heterocycles. The lowest BCUT2D eigenvalue weighted by molar-refractivity contribution is 0.0473. The monoisotopic (exact) mass is 255 g/mol. The lowest BCUT2D eigenvalue weighted by Crippen LogP contribution is -2.47. The Balaban J connectivity index is 2.96. The normalized spacial score (nSPS) is 11.4. The SMILES string of the molecule is CN(C(=O)c1cccc(CCl)c1)C(C)(C)CO. The van der Waals surface area contributed by atoms with Gasteiger partial charge in [0.1, 0.15) is 0 Å². The highest BCUT2D eigenvalue weighted by molar-refractivity contribution is 6.17. The molecule has 1 aromatic carbocycles. The molecule has 4 heteroatoms. The molecule has 0 atom stereocenters. The molecule has 0 bridgehead atoms. The van der Waals surface area contributed by atoms with Crippen LogP contribution in [-0.4, -0.2) is 35.1 Å². The molecule has 3 nitrogen and oxygen atoms in total. The van der Waals surface area contributed by atoms with Crippen LogP contribution in [0.15, 0.2) is 24.3 Å². The Morgan fingerprint density at radius 3 is 2.65 bits per heavy atom. The summed E-state index contributed by atoms with van der Waals surface area (Å²) in [5, 5.41) is 9.25. The van der Waals surface area contributed by atoms with Gasteiger partial charge in [0.05, 0.1) is 12.1 Å². The van der Waals surface area contributed by atoms with Crippen molar-refractivity contribution in [1.29, 1.82) is 0 Å². The minimum absolute atomic E-state index is 0.0789. The van der Waals surface area contributed by atoms with Gasteiger partial charge in [-0.2, -0.15) is 0 Å². The van der Waals surface area contributed by atoms with Crippen LogP contribution in [-0.2, 0) is 5.88 Å². The van der Waals surface area contributed by atoms with Crippen LogP contribution in [0.5, 0.6) is 0 Å². The summed E-state index contributed by atoms with van der Waals surface area (Å²) in [7, 11) is 1.69. The van der Waals surface area contributed by atoms with E-state index in [1.165, 1.54) is 0 Å². The molecule has 0 fully saturated rings. The topological polar surface area (TPSA) is 40.5 Å². The summed E-state index contributed by atoms with van der Waals surface area (Å²) in [5.74, 6) is 0.268. The van der Waals surface area contributed by atoms with E-state index in [1.54, 1.807) is 24.1 Å². The molecule has 0 aliphatic rings. The molecule has 1 N–H and O–H groups in total. The second-order valence-electron chi connectivity index (χ2n) is 4.67. The zero-order valence-electron chi connectivity index (χ0n) is 10.4. The van der Waals surface area contributed by atoms with Crippen molar-refractivity contribution >= 4 is 17.5 Å². The summed E-state index contributed by atoms with van der Waals surface area (Å²) in [6, 6.07) is 7.22. The molecule has 17 heavy (non-hydrogen) atoms. The maximum Gasteiger partial charge on any atom is 0.254 e. The molecule has 0 saturated carbocycles. The number of hydrogen-bond acceptors (Lipinski definition) is 2. The molecule has 1 aromatic rings. The third-order valence-electron chi connectivity index (χ3n) is 2.93. The molecule has 0 radical (unpaired) electrons. The van der Waals surface area contributed by atoms with Gasteiger partial charge in [-0.15, -0.1) is 11.6 Å². The van der Waals surface area contributed by atoms with Gasteiger partial charge in [-0.25, -0.2) is 0 Å². The quantitative estimate of drug-likeness (QED) is 0.839. The number of rotatable bonds is 4. The van der Waals surface area contributed by atoms with Crippen LogP contribution in [0.4, 0.5) is 0 Å². The number of aliphatic hydroxyl groups is 1. The van der Waals surface area contributed by atoms with Crippen molar-refractivity contribution in [3.63, 3.8) is 0 Å². The van der Waals surface area contributed by atoms with Crippen molar-refractivity contribution in [1.82, 2.24) is 4.90 Å². The Morgan fingerprint density at radius 1 is 1.47 bits per heavy atom. The van der Waals surface area contributed by atoms with Gasteiger partial charge >= 0.3 is 0 Å². The third kappa shape index (κ3) is 3.20. The van der Waals surface area contributed by atoms with Crippen LogP contribution in [0.25, 0.3) is 0 Å². The Kier molecular flexibility index (Phi) is 4.54. The number of carbonyl (C=O) groups is 1. The highest BCUT2D eigenvalue weighted by atomic mass is 35.5. The van der Waals surface area contributed by atoms with Gasteiger partial charge in [-0.3, -0.25) is 4.79 Å². The van der Waals surface area contributed by atoms with Gasteiger partial charge in [0, 0.05) is 18.5 Å². The van der Waals surface area contributed by atoms with E-state index >= 15 is 0 Å². The third-order valence-corrected chi connectivity index (χ3v) is 3.24. The van der Waals surface area contributed by atoms with Crippen LogP contribution >= 0.6 is 11.6 Å². The van der Waals surface area contributed by atoms with Gasteiger partial charge in [-0.1, -0.05) is 12.1 Å². The second kappa shape index (κ2) is 5.52. The lowest BCUT2D eigenvalue weighted by Gasteiger charge is -2.34. The fourth-order valence-electron chi connectivity index (χ4n) is 1.36. The van der Waals surface area contributed by atoms with Crippen LogP contribution in [0.2, 0.25) is 0 Å². The highest BCUT2D eigenvalue weighted by Crippen LogP contribution is 2.16. The standard InChI is InChI=1S/C13H18ClNO2/c1-13(2,9-16)15(3)12(17)11-6-4-5-10(7-11)8-14/h4-7,16H,8-9H2,1-3H3. The molecule has 1 amide bonds. The molecule has 0 heterocycles. The van der Waals surface area contributed by atoms with E-state index in [-0.39, 0.29) is 12.5 Å². The van der Waals surface area contributed by atoms with Crippen molar-refractivity contribution in [3.8, 4) is 0 Å². The van der Waals surface area contributed by atoms with E-state index in [4.69, 9.17) is 11.6 Å². The molecule has 1 rings (SSSR count). The number of benzene rings is 1. The van der Waals surface area contributed by atoms with Crippen LogP contribution in [0.1, 0.15) is 29.8 Å².